The lowest BCUT2D eigenvalue weighted by atomic mass is 9.82. The van der Waals surface area contributed by atoms with Crippen molar-refractivity contribution in [3.05, 3.63) is 66.2 Å². The summed E-state index contributed by atoms with van der Waals surface area (Å²) in [7, 11) is 0. The first kappa shape index (κ1) is 18.4. The van der Waals surface area contributed by atoms with Crippen molar-refractivity contribution < 1.29 is 9.59 Å². The third-order valence-corrected chi connectivity index (χ3v) is 5.75. The number of hydrogen-bond donors (Lipinski definition) is 1. The average Bonchev–Trinajstić information content (AvgIpc) is 2.98. The molecule has 2 amide bonds. The first-order valence-corrected chi connectivity index (χ1v) is 9.89. The molecule has 1 heterocycles. The Morgan fingerprint density at radius 1 is 1.07 bits per heavy atom. The highest BCUT2D eigenvalue weighted by Crippen LogP contribution is 2.41. The van der Waals surface area contributed by atoms with E-state index in [1.165, 1.54) is 0 Å². The predicted molar refractivity (Wildman–Crippen MR) is 110 cm³/mol. The van der Waals surface area contributed by atoms with Crippen molar-refractivity contribution in [2.75, 3.05) is 11.9 Å². The molecule has 0 unspecified atom stereocenters. The Labute approximate surface area is 165 Å². The second-order valence-electron chi connectivity index (χ2n) is 7.80. The predicted octanol–water partition coefficient (Wildman–Crippen LogP) is 3.86. The van der Waals surface area contributed by atoms with E-state index in [4.69, 9.17) is 4.99 Å². The smallest absolute Gasteiger partial charge is 0.275 e. The highest BCUT2D eigenvalue weighted by Gasteiger charge is 2.49. The van der Waals surface area contributed by atoms with Gasteiger partial charge in [0.1, 0.15) is 17.9 Å². The van der Waals surface area contributed by atoms with Gasteiger partial charge in [0, 0.05) is 11.3 Å². The fourth-order valence-corrected chi connectivity index (χ4v) is 4.11. The number of aliphatic imine (C=N–C) groups is 1. The Morgan fingerprint density at radius 3 is 2.32 bits per heavy atom. The van der Waals surface area contributed by atoms with Gasteiger partial charge in [-0.25, -0.2) is 0 Å². The summed E-state index contributed by atoms with van der Waals surface area (Å²) in [6.45, 7) is 2.25. The van der Waals surface area contributed by atoms with E-state index in [-0.39, 0.29) is 18.4 Å². The van der Waals surface area contributed by atoms with Crippen LogP contribution in [0.4, 0.5) is 5.69 Å². The van der Waals surface area contributed by atoms with Gasteiger partial charge in [-0.2, -0.15) is 0 Å². The first-order chi connectivity index (χ1) is 13.6. The van der Waals surface area contributed by atoms with Gasteiger partial charge in [-0.05, 0) is 43.7 Å². The van der Waals surface area contributed by atoms with E-state index >= 15 is 0 Å². The minimum absolute atomic E-state index is 0.0158. The summed E-state index contributed by atoms with van der Waals surface area (Å²) in [5.74, 6) is 0.280. The normalized spacial score (nSPS) is 24.3. The monoisotopic (exact) mass is 375 g/mol. The number of carbonyl (C=O) groups is 2. The molecule has 2 aliphatic rings. The van der Waals surface area contributed by atoms with Crippen LogP contribution in [0.1, 0.15) is 38.2 Å². The van der Waals surface area contributed by atoms with Gasteiger partial charge in [0.05, 0.1) is 0 Å². The Kier molecular flexibility index (Phi) is 4.99. The summed E-state index contributed by atoms with van der Waals surface area (Å²) in [6, 6.07) is 18.9. The Bertz CT molecular complexity index is 885. The van der Waals surface area contributed by atoms with Crippen LogP contribution < -0.4 is 5.32 Å². The molecule has 1 aliphatic carbocycles. The van der Waals surface area contributed by atoms with Gasteiger partial charge in [-0.3, -0.25) is 14.6 Å². The number of rotatable bonds is 4. The molecule has 2 aromatic carbocycles. The summed E-state index contributed by atoms with van der Waals surface area (Å²) in [5.41, 5.74) is 1.43. The summed E-state index contributed by atoms with van der Waals surface area (Å²) >= 11 is 0. The Hall–Kier alpha value is -2.95. The zero-order valence-corrected chi connectivity index (χ0v) is 16.1. The number of hydrogen-bond acceptors (Lipinski definition) is 3. The van der Waals surface area contributed by atoms with E-state index in [1.54, 1.807) is 4.90 Å². The Morgan fingerprint density at radius 2 is 1.68 bits per heavy atom. The summed E-state index contributed by atoms with van der Waals surface area (Å²) < 4.78 is 0. The van der Waals surface area contributed by atoms with Gasteiger partial charge in [-0.1, -0.05) is 55.5 Å². The van der Waals surface area contributed by atoms with E-state index < -0.39 is 5.66 Å². The number of benzene rings is 2. The van der Waals surface area contributed by atoms with Gasteiger partial charge < -0.3 is 10.2 Å². The second-order valence-corrected chi connectivity index (χ2v) is 7.80. The van der Waals surface area contributed by atoms with Gasteiger partial charge in [0.15, 0.2) is 0 Å². The molecule has 5 heteroatoms. The molecule has 0 saturated heterocycles. The lowest BCUT2D eigenvalue weighted by Crippen LogP contribution is -2.51. The molecule has 5 nitrogen and oxygen atoms in total. The first-order valence-electron chi connectivity index (χ1n) is 9.89. The van der Waals surface area contributed by atoms with Crippen molar-refractivity contribution >= 4 is 23.2 Å². The lowest BCUT2D eigenvalue weighted by molar-refractivity contribution is -0.134. The maximum Gasteiger partial charge on any atom is 0.275 e. The number of nitrogens with zero attached hydrogens (tertiary/aromatic N) is 2. The molecule has 1 fully saturated rings. The third-order valence-electron chi connectivity index (χ3n) is 5.75. The van der Waals surface area contributed by atoms with Gasteiger partial charge in [0.25, 0.3) is 5.91 Å². The third kappa shape index (κ3) is 3.57. The van der Waals surface area contributed by atoms with Crippen molar-refractivity contribution in [2.45, 2.75) is 38.3 Å². The van der Waals surface area contributed by atoms with Crippen LogP contribution in [-0.4, -0.2) is 34.6 Å². The molecular weight excluding hydrogens is 350 g/mol. The minimum atomic E-state index is -0.594. The summed E-state index contributed by atoms with van der Waals surface area (Å²) in [6.07, 6.45) is 3.62. The molecule has 4 rings (SSSR count). The molecule has 0 atom stereocenters. The summed E-state index contributed by atoms with van der Waals surface area (Å²) in [5, 5.41) is 2.89. The molecule has 0 radical (unpaired) electrons. The van der Waals surface area contributed by atoms with Gasteiger partial charge >= 0.3 is 0 Å². The summed E-state index contributed by atoms with van der Waals surface area (Å²) in [4.78, 5) is 32.6. The van der Waals surface area contributed by atoms with Crippen LogP contribution in [0.5, 0.6) is 0 Å². The molecule has 1 aliphatic heterocycles. The number of amides is 2. The van der Waals surface area contributed by atoms with Crippen molar-refractivity contribution in [3.63, 3.8) is 0 Å². The topological polar surface area (TPSA) is 61.8 Å². The van der Waals surface area contributed by atoms with E-state index in [1.807, 2.05) is 60.7 Å². The van der Waals surface area contributed by atoms with Crippen LogP contribution >= 0.6 is 0 Å². The van der Waals surface area contributed by atoms with E-state index in [0.29, 0.717) is 11.6 Å². The maximum absolute atomic E-state index is 13.3. The van der Waals surface area contributed by atoms with Crippen LogP contribution in [0.15, 0.2) is 65.7 Å². The zero-order valence-electron chi connectivity index (χ0n) is 16.1. The van der Waals surface area contributed by atoms with Crippen LogP contribution in [0, 0.1) is 5.92 Å². The Balaban J connectivity index is 1.59. The molecule has 1 N–H and O–H groups in total. The number of anilines is 1. The molecule has 144 valence electrons. The van der Waals surface area contributed by atoms with Crippen molar-refractivity contribution in [1.82, 2.24) is 4.90 Å². The van der Waals surface area contributed by atoms with Gasteiger partial charge in [0.2, 0.25) is 5.91 Å². The number of para-hydroxylation sites is 1. The number of carbonyl (C=O) groups excluding carboxylic acids is 2. The molecule has 0 aromatic heterocycles. The van der Waals surface area contributed by atoms with Crippen molar-refractivity contribution in [3.8, 4) is 0 Å². The quantitative estimate of drug-likeness (QED) is 0.882. The van der Waals surface area contributed by atoms with Crippen LogP contribution in [0.25, 0.3) is 0 Å². The maximum atomic E-state index is 13.3. The highest BCUT2D eigenvalue weighted by atomic mass is 16.2. The van der Waals surface area contributed by atoms with E-state index in [9.17, 15) is 9.59 Å². The molecular formula is C23H25N3O2. The largest absolute Gasteiger partial charge is 0.325 e. The van der Waals surface area contributed by atoms with Crippen LogP contribution in [0.3, 0.4) is 0 Å². The zero-order chi connectivity index (χ0) is 19.6. The van der Waals surface area contributed by atoms with E-state index in [0.717, 1.165) is 36.9 Å². The van der Waals surface area contributed by atoms with Gasteiger partial charge in [-0.15, -0.1) is 0 Å². The van der Waals surface area contributed by atoms with Crippen LogP contribution in [-0.2, 0) is 9.59 Å². The van der Waals surface area contributed by atoms with Crippen LogP contribution in [0.2, 0.25) is 0 Å². The molecule has 1 spiro atoms. The van der Waals surface area contributed by atoms with E-state index in [2.05, 4.69) is 12.2 Å². The lowest BCUT2D eigenvalue weighted by Gasteiger charge is -2.40. The highest BCUT2D eigenvalue weighted by molar-refractivity contribution is 6.47. The van der Waals surface area contributed by atoms with Crippen molar-refractivity contribution in [1.29, 1.82) is 0 Å². The SMILES string of the molecule is CC1CCC2(CC1)N=C(c1ccccc1)C(=O)N2CC(=O)Nc1ccccc1. The average molecular weight is 375 g/mol. The fraction of sp³-hybridized carbons (Fsp3) is 0.348. The standard InChI is InChI=1S/C23H25N3O2/c1-17-12-14-23(15-13-17)25-21(18-8-4-2-5-9-18)22(28)26(23)16-20(27)24-19-10-6-3-7-11-19/h2-11,17H,12-16H2,1H3,(H,24,27). The molecule has 2 aromatic rings. The fourth-order valence-electron chi connectivity index (χ4n) is 4.11. The molecule has 28 heavy (non-hydrogen) atoms. The van der Waals surface area contributed by atoms with Crippen molar-refractivity contribution in [2.24, 2.45) is 10.9 Å². The molecule has 0 bridgehead atoms. The molecule has 1 saturated carbocycles. The minimum Gasteiger partial charge on any atom is -0.325 e. The number of nitrogens with one attached hydrogen (secondary N) is 1. The second kappa shape index (κ2) is 7.58.